The van der Waals surface area contributed by atoms with E-state index >= 15 is 0 Å². The summed E-state index contributed by atoms with van der Waals surface area (Å²) in [6.45, 7) is 7.22. The van der Waals surface area contributed by atoms with Gasteiger partial charge in [-0.2, -0.15) is 0 Å². The van der Waals surface area contributed by atoms with Crippen molar-refractivity contribution in [3.63, 3.8) is 0 Å². The minimum Gasteiger partial charge on any atom is -0.373 e. The number of amides is 2. The molecule has 0 spiro atoms. The van der Waals surface area contributed by atoms with E-state index in [2.05, 4.69) is 46.4 Å². The van der Waals surface area contributed by atoms with Crippen molar-refractivity contribution in [2.75, 3.05) is 29.9 Å². The lowest BCUT2D eigenvalue weighted by Gasteiger charge is -2.35. The zero-order valence-corrected chi connectivity index (χ0v) is 23.2. The number of carbonyl (C=O) groups is 2. The van der Waals surface area contributed by atoms with Gasteiger partial charge in [0.15, 0.2) is 0 Å². The Labute approximate surface area is 232 Å². The van der Waals surface area contributed by atoms with Gasteiger partial charge in [-0.3, -0.25) is 14.5 Å². The normalized spacial score (nSPS) is 22.1. The van der Waals surface area contributed by atoms with Crippen molar-refractivity contribution in [1.29, 1.82) is 0 Å². The number of halogens is 1. The standard InChI is InChI=1S/C28H32ClN5O3S/c1-18-14-33(15-19(2)37-18)16-21-5-10-24(11-6-21)34-17-22(13-26(34)35)27(36)30-28-32-31-25(38-28)12-7-20-3-8-23(29)9-4-20/h3-6,8-11,18-19,22H,7,12-17H2,1-2H3,(H,30,32,36). The molecule has 2 aliphatic heterocycles. The molecule has 8 nitrogen and oxygen atoms in total. The number of ether oxygens (including phenoxy) is 1. The number of hydrogen-bond acceptors (Lipinski definition) is 7. The molecule has 1 aromatic heterocycles. The number of aromatic nitrogens is 2. The minimum atomic E-state index is -0.431. The first-order valence-electron chi connectivity index (χ1n) is 13.0. The summed E-state index contributed by atoms with van der Waals surface area (Å²) >= 11 is 7.31. The fraction of sp³-hybridized carbons (Fsp3) is 0.429. The largest absolute Gasteiger partial charge is 0.373 e. The van der Waals surface area contributed by atoms with Crippen LogP contribution in [0.25, 0.3) is 0 Å². The molecule has 5 rings (SSSR count). The van der Waals surface area contributed by atoms with E-state index in [1.165, 1.54) is 16.9 Å². The summed E-state index contributed by atoms with van der Waals surface area (Å²) in [5, 5.41) is 13.2. The van der Waals surface area contributed by atoms with Crippen LogP contribution in [0.1, 0.15) is 36.4 Å². The molecule has 38 heavy (non-hydrogen) atoms. The molecule has 1 N–H and O–H groups in total. The van der Waals surface area contributed by atoms with Gasteiger partial charge in [0.05, 0.1) is 18.1 Å². The summed E-state index contributed by atoms with van der Waals surface area (Å²) < 4.78 is 5.82. The summed E-state index contributed by atoms with van der Waals surface area (Å²) in [7, 11) is 0. The third kappa shape index (κ3) is 6.77. The number of nitrogens with one attached hydrogen (secondary N) is 1. The maximum Gasteiger partial charge on any atom is 0.231 e. The molecule has 2 amide bonds. The van der Waals surface area contributed by atoms with Crippen molar-refractivity contribution in [2.24, 2.45) is 5.92 Å². The topological polar surface area (TPSA) is 87.7 Å². The molecule has 10 heteroatoms. The highest BCUT2D eigenvalue weighted by molar-refractivity contribution is 7.15. The Balaban J connectivity index is 1.12. The van der Waals surface area contributed by atoms with Gasteiger partial charge >= 0.3 is 0 Å². The molecule has 2 saturated heterocycles. The molecule has 0 aliphatic carbocycles. The average molecular weight is 554 g/mol. The average Bonchev–Trinajstić information content (AvgIpc) is 3.50. The maximum absolute atomic E-state index is 12.9. The Kier molecular flexibility index (Phi) is 8.38. The third-order valence-corrected chi connectivity index (χ3v) is 8.03. The molecular formula is C28H32ClN5O3S. The third-order valence-electron chi connectivity index (χ3n) is 6.88. The molecule has 3 unspecified atom stereocenters. The fourth-order valence-electron chi connectivity index (χ4n) is 5.10. The predicted octanol–water partition coefficient (Wildman–Crippen LogP) is 4.58. The first-order valence-corrected chi connectivity index (χ1v) is 14.2. The lowest BCUT2D eigenvalue weighted by Crippen LogP contribution is -2.44. The number of nitrogens with zero attached hydrogens (tertiary/aromatic N) is 4. The highest BCUT2D eigenvalue weighted by Gasteiger charge is 2.35. The van der Waals surface area contributed by atoms with Crippen LogP contribution in [-0.4, -0.2) is 58.8 Å². The van der Waals surface area contributed by atoms with E-state index in [1.807, 2.05) is 36.4 Å². The summed E-state index contributed by atoms with van der Waals surface area (Å²) in [6.07, 6.45) is 2.17. The van der Waals surface area contributed by atoms with E-state index in [4.69, 9.17) is 16.3 Å². The van der Waals surface area contributed by atoms with Gasteiger partial charge < -0.3 is 15.0 Å². The highest BCUT2D eigenvalue weighted by atomic mass is 35.5. The summed E-state index contributed by atoms with van der Waals surface area (Å²) in [5.74, 6) is -0.678. The second-order valence-electron chi connectivity index (χ2n) is 10.1. The molecule has 2 aliphatic rings. The fourth-order valence-corrected chi connectivity index (χ4v) is 5.97. The van der Waals surface area contributed by atoms with Crippen LogP contribution in [0.3, 0.4) is 0 Å². The van der Waals surface area contributed by atoms with Crippen LogP contribution in [0.5, 0.6) is 0 Å². The minimum absolute atomic E-state index is 0.0466. The first-order chi connectivity index (χ1) is 18.3. The number of hydrogen-bond donors (Lipinski definition) is 1. The second-order valence-corrected chi connectivity index (χ2v) is 11.6. The summed E-state index contributed by atoms with van der Waals surface area (Å²) in [6, 6.07) is 15.8. The number of morpholine rings is 1. The summed E-state index contributed by atoms with van der Waals surface area (Å²) in [4.78, 5) is 29.8. The lowest BCUT2D eigenvalue weighted by molar-refractivity contribution is -0.122. The molecule has 0 saturated carbocycles. The lowest BCUT2D eigenvalue weighted by atomic mass is 10.1. The number of benzene rings is 2. The zero-order valence-electron chi connectivity index (χ0n) is 21.6. The van der Waals surface area contributed by atoms with Crippen molar-refractivity contribution in [2.45, 2.75) is 51.9 Å². The van der Waals surface area contributed by atoms with Crippen molar-refractivity contribution >= 4 is 45.6 Å². The Morgan fingerprint density at radius 1 is 1.00 bits per heavy atom. The van der Waals surface area contributed by atoms with Gasteiger partial charge in [-0.05, 0) is 55.7 Å². The van der Waals surface area contributed by atoms with Crippen molar-refractivity contribution in [1.82, 2.24) is 15.1 Å². The Morgan fingerprint density at radius 2 is 1.68 bits per heavy atom. The smallest absolute Gasteiger partial charge is 0.231 e. The van der Waals surface area contributed by atoms with Gasteiger partial charge in [0.2, 0.25) is 16.9 Å². The number of anilines is 2. The van der Waals surface area contributed by atoms with E-state index < -0.39 is 5.92 Å². The number of rotatable bonds is 8. The number of aryl methyl sites for hydroxylation is 2. The van der Waals surface area contributed by atoms with E-state index in [9.17, 15) is 9.59 Å². The van der Waals surface area contributed by atoms with Gasteiger partial charge in [0.25, 0.3) is 0 Å². The van der Waals surface area contributed by atoms with Crippen LogP contribution >= 0.6 is 22.9 Å². The number of carbonyl (C=O) groups excluding carboxylic acids is 2. The van der Waals surface area contributed by atoms with Crippen LogP contribution in [-0.2, 0) is 33.7 Å². The summed E-state index contributed by atoms with van der Waals surface area (Å²) in [5.41, 5.74) is 3.18. The van der Waals surface area contributed by atoms with E-state index in [1.54, 1.807) is 4.90 Å². The molecule has 3 aromatic rings. The predicted molar refractivity (Wildman–Crippen MR) is 150 cm³/mol. The highest BCUT2D eigenvalue weighted by Crippen LogP contribution is 2.27. The van der Waals surface area contributed by atoms with Gasteiger partial charge in [-0.1, -0.05) is 47.2 Å². The molecule has 2 fully saturated rings. The molecule has 200 valence electrons. The van der Waals surface area contributed by atoms with Gasteiger partial charge in [-0.25, -0.2) is 0 Å². The van der Waals surface area contributed by atoms with Crippen molar-refractivity contribution < 1.29 is 14.3 Å². The molecule has 3 atom stereocenters. The van der Waals surface area contributed by atoms with E-state index in [-0.39, 0.29) is 30.4 Å². The first kappa shape index (κ1) is 26.7. The zero-order chi connectivity index (χ0) is 26.6. The second kappa shape index (κ2) is 11.9. The molecule has 0 radical (unpaired) electrons. The van der Waals surface area contributed by atoms with Gasteiger partial charge in [0.1, 0.15) is 5.01 Å². The van der Waals surface area contributed by atoms with E-state index in [0.29, 0.717) is 16.7 Å². The Bertz CT molecular complexity index is 1260. The van der Waals surface area contributed by atoms with Crippen molar-refractivity contribution in [3.05, 3.63) is 69.7 Å². The van der Waals surface area contributed by atoms with Gasteiger partial charge in [0, 0.05) is 49.7 Å². The Morgan fingerprint density at radius 3 is 2.39 bits per heavy atom. The van der Waals surface area contributed by atoms with Crippen LogP contribution in [0.4, 0.5) is 10.8 Å². The molecular weight excluding hydrogens is 522 g/mol. The van der Waals surface area contributed by atoms with Crippen LogP contribution in [0.15, 0.2) is 48.5 Å². The monoisotopic (exact) mass is 553 g/mol. The van der Waals surface area contributed by atoms with Crippen molar-refractivity contribution in [3.8, 4) is 0 Å². The molecule has 2 aromatic carbocycles. The van der Waals surface area contributed by atoms with Gasteiger partial charge in [-0.15, -0.1) is 10.2 Å². The maximum atomic E-state index is 12.9. The Hall–Kier alpha value is -2.85. The van der Waals surface area contributed by atoms with Crippen LogP contribution in [0.2, 0.25) is 5.02 Å². The SMILES string of the molecule is CC1CN(Cc2ccc(N3CC(C(=O)Nc4nnc(CCc5ccc(Cl)cc5)s4)CC3=O)cc2)CC(C)O1. The quantitative estimate of drug-likeness (QED) is 0.439. The van der Waals surface area contributed by atoms with Crippen LogP contribution < -0.4 is 10.2 Å². The van der Waals surface area contributed by atoms with E-state index in [0.717, 1.165) is 48.7 Å². The molecule has 3 heterocycles. The van der Waals surface area contributed by atoms with Crippen LogP contribution in [0, 0.1) is 5.92 Å². The molecule has 0 bridgehead atoms.